The van der Waals surface area contributed by atoms with Gasteiger partial charge in [0.1, 0.15) is 6.54 Å². The second kappa shape index (κ2) is 7.17. The molecule has 0 atom stereocenters. The number of hydrogen-bond donors (Lipinski definition) is 0. The molecule has 0 spiro atoms. The summed E-state index contributed by atoms with van der Waals surface area (Å²) in [5.41, 5.74) is 1.73. The van der Waals surface area contributed by atoms with Gasteiger partial charge in [0.05, 0.1) is 19.6 Å². The number of nitriles is 1. The normalized spacial score (nSPS) is 9.53. The number of hydrogen-bond acceptors (Lipinski definition) is 4. The molecular formula is C14H16N2O3. The Morgan fingerprint density at radius 3 is 2.42 bits per heavy atom. The minimum Gasteiger partial charge on any atom is -0.469 e. The van der Waals surface area contributed by atoms with Crippen LogP contribution in [0.15, 0.2) is 24.3 Å². The summed E-state index contributed by atoms with van der Waals surface area (Å²) in [5.74, 6) is -0.704. The topological polar surface area (TPSA) is 70.4 Å². The fourth-order valence-electron chi connectivity index (χ4n) is 1.56. The number of anilines is 1. The molecule has 1 rings (SSSR count). The first kappa shape index (κ1) is 14.7. The van der Waals surface area contributed by atoms with E-state index in [0.717, 1.165) is 5.56 Å². The Bertz CT molecular complexity index is 488. The molecule has 1 amide bonds. The van der Waals surface area contributed by atoms with E-state index in [1.165, 1.54) is 12.0 Å². The Balaban J connectivity index is 2.77. The summed E-state index contributed by atoms with van der Waals surface area (Å²) in [6.45, 7) is 1.90. The lowest BCUT2D eigenvalue weighted by Gasteiger charge is -2.19. The molecule has 1 aromatic carbocycles. The molecule has 0 N–H and O–H groups in total. The summed E-state index contributed by atoms with van der Waals surface area (Å²) >= 11 is 0. The molecule has 0 heterocycles. The first-order valence-corrected chi connectivity index (χ1v) is 5.89. The van der Waals surface area contributed by atoms with Crippen molar-refractivity contribution in [3.63, 3.8) is 0 Å². The highest BCUT2D eigenvalue weighted by Crippen LogP contribution is 2.16. The van der Waals surface area contributed by atoms with Crippen molar-refractivity contribution in [3.05, 3.63) is 29.8 Å². The standard InChI is InChI=1S/C14H16N2O3/c1-11-3-5-12(6-4-11)16(10-9-15)13(17)7-8-14(18)19-2/h3-6H,7-8,10H2,1-2H3. The predicted molar refractivity (Wildman–Crippen MR) is 70.4 cm³/mol. The number of carbonyl (C=O) groups is 2. The van der Waals surface area contributed by atoms with Crippen molar-refractivity contribution in [2.45, 2.75) is 19.8 Å². The molecule has 0 saturated heterocycles. The fraction of sp³-hybridized carbons (Fsp3) is 0.357. The molecule has 0 saturated carbocycles. The molecule has 0 aliphatic rings. The van der Waals surface area contributed by atoms with Gasteiger partial charge in [-0.25, -0.2) is 0 Å². The average molecular weight is 260 g/mol. The lowest BCUT2D eigenvalue weighted by Crippen LogP contribution is -2.31. The second-order valence-corrected chi connectivity index (χ2v) is 4.05. The summed E-state index contributed by atoms with van der Waals surface area (Å²) in [6.07, 6.45) is 0.0470. The minimum atomic E-state index is -0.436. The fourth-order valence-corrected chi connectivity index (χ4v) is 1.56. The Morgan fingerprint density at radius 2 is 1.89 bits per heavy atom. The van der Waals surface area contributed by atoms with E-state index >= 15 is 0 Å². The zero-order chi connectivity index (χ0) is 14.3. The summed E-state index contributed by atoms with van der Waals surface area (Å²) < 4.78 is 4.49. The number of benzene rings is 1. The van der Waals surface area contributed by atoms with Gasteiger partial charge in [-0.1, -0.05) is 17.7 Å². The van der Waals surface area contributed by atoms with Crippen molar-refractivity contribution >= 4 is 17.6 Å². The molecule has 19 heavy (non-hydrogen) atoms. The molecule has 0 aliphatic carbocycles. The van der Waals surface area contributed by atoms with Crippen LogP contribution >= 0.6 is 0 Å². The van der Waals surface area contributed by atoms with Crippen LogP contribution in [0.25, 0.3) is 0 Å². The molecule has 0 radical (unpaired) electrons. The first-order valence-electron chi connectivity index (χ1n) is 5.89. The number of nitrogens with zero attached hydrogens (tertiary/aromatic N) is 2. The van der Waals surface area contributed by atoms with E-state index in [1.54, 1.807) is 12.1 Å². The van der Waals surface area contributed by atoms with Crippen molar-refractivity contribution in [3.8, 4) is 6.07 Å². The quantitative estimate of drug-likeness (QED) is 0.598. The van der Waals surface area contributed by atoms with Crippen molar-refractivity contribution in [2.75, 3.05) is 18.6 Å². The molecule has 0 aromatic heterocycles. The smallest absolute Gasteiger partial charge is 0.306 e. The van der Waals surface area contributed by atoms with Gasteiger partial charge in [-0.05, 0) is 19.1 Å². The van der Waals surface area contributed by atoms with E-state index in [4.69, 9.17) is 5.26 Å². The predicted octanol–water partition coefficient (Wildman–Crippen LogP) is 1.80. The van der Waals surface area contributed by atoms with E-state index < -0.39 is 5.97 Å². The Kier molecular flexibility index (Phi) is 5.55. The van der Waals surface area contributed by atoms with Gasteiger partial charge in [0.2, 0.25) is 5.91 Å². The van der Waals surface area contributed by atoms with Crippen LogP contribution in [-0.2, 0) is 14.3 Å². The van der Waals surface area contributed by atoms with Crippen molar-refractivity contribution < 1.29 is 14.3 Å². The molecule has 0 fully saturated rings. The van der Waals surface area contributed by atoms with Gasteiger partial charge in [0.25, 0.3) is 0 Å². The molecule has 0 bridgehead atoms. The van der Waals surface area contributed by atoms with E-state index in [-0.39, 0.29) is 25.3 Å². The Labute approximate surface area is 112 Å². The summed E-state index contributed by atoms with van der Waals surface area (Å²) in [7, 11) is 1.28. The molecule has 5 heteroatoms. The number of rotatable bonds is 5. The highest BCUT2D eigenvalue weighted by molar-refractivity contribution is 5.95. The number of amides is 1. The second-order valence-electron chi connectivity index (χ2n) is 4.05. The molecule has 0 aliphatic heterocycles. The Hall–Kier alpha value is -2.35. The molecule has 1 aromatic rings. The van der Waals surface area contributed by atoms with Crippen LogP contribution in [0.1, 0.15) is 18.4 Å². The number of carbonyl (C=O) groups excluding carboxylic acids is 2. The largest absolute Gasteiger partial charge is 0.469 e. The van der Waals surface area contributed by atoms with Crippen LogP contribution in [0.3, 0.4) is 0 Å². The van der Waals surface area contributed by atoms with Gasteiger partial charge < -0.3 is 4.74 Å². The van der Waals surface area contributed by atoms with Gasteiger partial charge in [-0.15, -0.1) is 0 Å². The third-order valence-electron chi connectivity index (χ3n) is 2.65. The van der Waals surface area contributed by atoms with E-state index in [9.17, 15) is 9.59 Å². The van der Waals surface area contributed by atoms with Gasteiger partial charge in [-0.2, -0.15) is 5.26 Å². The molecule has 0 unspecified atom stereocenters. The zero-order valence-electron chi connectivity index (χ0n) is 11.0. The van der Waals surface area contributed by atoms with Crippen LogP contribution in [0.4, 0.5) is 5.69 Å². The maximum absolute atomic E-state index is 12.0. The molecular weight excluding hydrogens is 244 g/mol. The maximum Gasteiger partial charge on any atom is 0.306 e. The highest BCUT2D eigenvalue weighted by atomic mass is 16.5. The van der Waals surface area contributed by atoms with Crippen LogP contribution in [0, 0.1) is 18.3 Å². The number of methoxy groups -OCH3 is 1. The van der Waals surface area contributed by atoms with Gasteiger partial charge in [0, 0.05) is 12.1 Å². The lowest BCUT2D eigenvalue weighted by atomic mass is 10.2. The lowest BCUT2D eigenvalue weighted by molar-refractivity contribution is -0.141. The van der Waals surface area contributed by atoms with Crippen molar-refractivity contribution in [1.29, 1.82) is 5.26 Å². The average Bonchev–Trinajstić information content (AvgIpc) is 2.43. The van der Waals surface area contributed by atoms with Gasteiger partial charge >= 0.3 is 5.97 Å². The van der Waals surface area contributed by atoms with Gasteiger partial charge in [-0.3, -0.25) is 14.5 Å². The minimum absolute atomic E-state index is 0.0170. The first-order chi connectivity index (χ1) is 9.08. The van der Waals surface area contributed by atoms with Crippen LogP contribution in [0.5, 0.6) is 0 Å². The third kappa shape index (κ3) is 4.43. The molecule has 5 nitrogen and oxygen atoms in total. The number of aryl methyl sites for hydroxylation is 1. The summed E-state index contributed by atoms with van der Waals surface area (Å²) in [4.78, 5) is 24.4. The van der Waals surface area contributed by atoms with Crippen molar-refractivity contribution in [1.82, 2.24) is 0 Å². The van der Waals surface area contributed by atoms with Crippen LogP contribution in [-0.4, -0.2) is 25.5 Å². The highest BCUT2D eigenvalue weighted by Gasteiger charge is 2.16. The van der Waals surface area contributed by atoms with Crippen molar-refractivity contribution in [2.24, 2.45) is 0 Å². The maximum atomic E-state index is 12.0. The van der Waals surface area contributed by atoms with E-state index in [0.29, 0.717) is 5.69 Å². The summed E-state index contributed by atoms with van der Waals surface area (Å²) in [5, 5.41) is 8.79. The number of esters is 1. The SMILES string of the molecule is COC(=O)CCC(=O)N(CC#N)c1ccc(C)cc1. The monoisotopic (exact) mass is 260 g/mol. The van der Waals surface area contributed by atoms with Gasteiger partial charge in [0.15, 0.2) is 0 Å². The Morgan fingerprint density at radius 1 is 1.26 bits per heavy atom. The van der Waals surface area contributed by atoms with E-state index in [1.807, 2.05) is 25.1 Å². The van der Waals surface area contributed by atoms with Crippen LogP contribution in [0.2, 0.25) is 0 Å². The third-order valence-corrected chi connectivity index (χ3v) is 2.65. The van der Waals surface area contributed by atoms with E-state index in [2.05, 4.69) is 4.74 Å². The molecule has 100 valence electrons. The summed E-state index contributed by atoms with van der Waals surface area (Å²) in [6, 6.07) is 9.25. The van der Waals surface area contributed by atoms with Crippen LogP contribution < -0.4 is 4.90 Å². The number of ether oxygens (including phenoxy) is 1. The zero-order valence-corrected chi connectivity index (χ0v) is 11.0.